The van der Waals surface area contributed by atoms with Gasteiger partial charge in [-0.1, -0.05) is 11.6 Å². The molecule has 2 rings (SSSR count). The van der Waals surface area contributed by atoms with E-state index >= 15 is 0 Å². The van der Waals surface area contributed by atoms with Crippen molar-refractivity contribution in [3.63, 3.8) is 0 Å². The third kappa shape index (κ3) is 3.94. The maximum Gasteiger partial charge on any atom is 0.337 e. The molecule has 0 heterocycles. The number of hydrogen-bond donors (Lipinski definition) is 1. The SMILES string of the molecule is COC(=O)c1ccc(NS(=O)(=O)c2cc(Cl)ccc2OC)cc1. The molecule has 0 fully saturated rings. The Bertz CT molecular complexity index is 818. The van der Waals surface area contributed by atoms with Crippen LogP contribution in [0.4, 0.5) is 5.69 Å². The molecule has 0 atom stereocenters. The Kier molecular flexibility index (Phi) is 5.12. The molecule has 0 unspecified atom stereocenters. The summed E-state index contributed by atoms with van der Waals surface area (Å²) in [4.78, 5) is 11.3. The number of carbonyl (C=O) groups excluding carboxylic acids is 1. The minimum Gasteiger partial charge on any atom is -0.495 e. The summed E-state index contributed by atoms with van der Waals surface area (Å²) in [6, 6.07) is 10.1. The first-order chi connectivity index (χ1) is 10.9. The van der Waals surface area contributed by atoms with Gasteiger partial charge in [0.1, 0.15) is 10.6 Å². The van der Waals surface area contributed by atoms with Crippen molar-refractivity contribution in [3.8, 4) is 5.75 Å². The molecule has 6 nitrogen and oxygen atoms in total. The zero-order valence-electron chi connectivity index (χ0n) is 12.4. The summed E-state index contributed by atoms with van der Waals surface area (Å²) in [7, 11) is -1.26. The normalized spacial score (nSPS) is 10.9. The molecular weight excluding hydrogens is 342 g/mol. The maximum atomic E-state index is 12.5. The number of ether oxygens (including phenoxy) is 2. The highest BCUT2D eigenvalue weighted by Crippen LogP contribution is 2.28. The minimum atomic E-state index is -3.89. The largest absolute Gasteiger partial charge is 0.495 e. The molecule has 0 aromatic heterocycles. The third-order valence-electron chi connectivity index (χ3n) is 2.97. The fraction of sp³-hybridized carbons (Fsp3) is 0.133. The molecule has 0 aliphatic heterocycles. The number of hydrogen-bond acceptors (Lipinski definition) is 5. The summed E-state index contributed by atoms with van der Waals surface area (Å²) >= 11 is 5.86. The van der Waals surface area contributed by atoms with Crippen LogP contribution in [0.1, 0.15) is 10.4 Å². The van der Waals surface area contributed by atoms with Gasteiger partial charge in [-0.15, -0.1) is 0 Å². The molecule has 0 aliphatic rings. The second-order valence-corrected chi connectivity index (χ2v) is 6.56. The van der Waals surface area contributed by atoms with Crippen molar-refractivity contribution < 1.29 is 22.7 Å². The predicted molar refractivity (Wildman–Crippen MR) is 86.6 cm³/mol. The second-order valence-electron chi connectivity index (χ2n) is 4.47. The van der Waals surface area contributed by atoms with E-state index in [-0.39, 0.29) is 15.7 Å². The van der Waals surface area contributed by atoms with Crippen molar-refractivity contribution in [2.45, 2.75) is 4.90 Å². The van der Waals surface area contributed by atoms with Crippen molar-refractivity contribution in [3.05, 3.63) is 53.1 Å². The Morgan fingerprint density at radius 1 is 1.09 bits per heavy atom. The first kappa shape index (κ1) is 17.1. The molecule has 0 aliphatic carbocycles. The maximum absolute atomic E-state index is 12.5. The lowest BCUT2D eigenvalue weighted by atomic mass is 10.2. The number of rotatable bonds is 5. The highest BCUT2D eigenvalue weighted by molar-refractivity contribution is 7.92. The molecule has 1 N–H and O–H groups in total. The Labute approximate surface area is 139 Å². The van der Waals surface area contributed by atoms with E-state index in [2.05, 4.69) is 9.46 Å². The topological polar surface area (TPSA) is 81.7 Å². The van der Waals surface area contributed by atoms with Crippen molar-refractivity contribution in [1.82, 2.24) is 0 Å². The first-order valence-corrected chi connectivity index (χ1v) is 8.28. The van der Waals surface area contributed by atoms with Gasteiger partial charge in [0, 0.05) is 10.7 Å². The van der Waals surface area contributed by atoms with Gasteiger partial charge in [0.25, 0.3) is 10.0 Å². The fourth-order valence-corrected chi connectivity index (χ4v) is 3.35. The predicted octanol–water partition coefficient (Wildman–Crippen LogP) is 2.94. The Morgan fingerprint density at radius 3 is 2.30 bits per heavy atom. The van der Waals surface area contributed by atoms with Gasteiger partial charge in [-0.05, 0) is 42.5 Å². The van der Waals surface area contributed by atoms with Crippen LogP contribution < -0.4 is 9.46 Å². The van der Waals surface area contributed by atoms with Gasteiger partial charge >= 0.3 is 5.97 Å². The number of methoxy groups -OCH3 is 2. The summed E-state index contributed by atoms with van der Waals surface area (Å²) < 4.78 is 37.0. The van der Waals surface area contributed by atoms with Gasteiger partial charge in [0.2, 0.25) is 0 Å². The summed E-state index contributed by atoms with van der Waals surface area (Å²) in [6.07, 6.45) is 0. The monoisotopic (exact) mass is 355 g/mol. The molecule has 0 saturated heterocycles. The van der Waals surface area contributed by atoms with E-state index in [1.807, 2.05) is 0 Å². The molecule has 2 aromatic carbocycles. The number of halogens is 1. The Hall–Kier alpha value is -2.25. The molecule has 8 heteroatoms. The van der Waals surface area contributed by atoms with Crippen molar-refractivity contribution >= 4 is 33.3 Å². The van der Waals surface area contributed by atoms with Gasteiger partial charge < -0.3 is 9.47 Å². The Balaban J connectivity index is 2.31. The van der Waals surface area contributed by atoms with E-state index in [0.717, 1.165) is 0 Å². The zero-order valence-corrected chi connectivity index (χ0v) is 13.9. The number of sulfonamides is 1. The molecule has 122 valence electrons. The summed E-state index contributed by atoms with van der Waals surface area (Å²) in [6.45, 7) is 0. The number of esters is 1. The van der Waals surface area contributed by atoms with Crippen LogP contribution in [0.3, 0.4) is 0 Å². The van der Waals surface area contributed by atoms with Crippen LogP contribution >= 0.6 is 11.6 Å². The van der Waals surface area contributed by atoms with Crippen molar-refractivity contribution in [2.75, 3.05) is 18.9 Å². The highest BCUT2D eigenvalue weighted by Gasteiger charge is 2.20. The van der Waals surface area contributed by atoms with Crippen molar-refractivity contribution in [2.24, 2.45) is 0 Å². The molecule has 0 spiro atoms. The lowest BCUT2D eigenvalue weighted by molar-refractivity contribution is 0.0601. The molecular formula is C15H14ClNO5S. The molecule has 0 radical (unpaired) electrons. The summed E-state index contributed by atoms with van der Waals surface area (Å²) in [5.41, 5.74) is 0.607. The lowest BCUT2D eigenvalue weighted by Gasteiger charge is -2.12. The van der Waals surface area contributed by atoms with Gasteiger partial charge in [0.05, 0.1) is 19.8 Å². The highest BCUT2D eigenvalue weighted by atomic mass is 35.5. The second kappa shape index (κ2) is 6.89. The standard InChI is InChI=1S/C15H14ClNO5S/c1-21-13-8-5-11(16)9-14(13)23(19,20)17-12-6-3-10(4-7-12)15(18)22-2/h3-9,17H,1-2H3. The van der Waals surface area contributed by atoms with Crippen LogP contribution in [0.15, 0.2) is 47.4 Å². The Morgan fingerprint density at radius 2 is 1.74 bits per heavy atom. The zero-order chi connectivity index (χ0) is 17.0. The van der Waals surface area contributed by atoms with Gasteiger partial charge in [-0.3, -0.25) is 4.72 Å². The minimum absolute atomic E-state index is 0.0791. The summed E-state index contributed by atoms with van der Waals surface area (Å²) in [5, 5.41) is 0.271. The summed E-state index contributed by atoms with van der Waals surface area (Å²) in [5.74, 6) is -0.330. The molecule has 0 saturated carbocycles. The molecule has 0 bridgehead atoms. The van der Waals surface area contributed by atoms with E-state index in [1.54, 1.807) is 0 Å². The van der Waals surface area contributed by atoms with Crippen LogP contribution in [0.2, 0.25) is 5.02 Å². The number of nitrogens with one attached hydrogen (secondary N) is 1. The van der Waals surface area contributed by atoms with Gasteiger partial charge in [0.15, 0.2) is 0 Å². The van der Waals surface area contributed by atoms with Crippen LogP contribution in [0, 0.1) is 0 Å². The van der Waals surface area contributed by atoms with E-state index < -0.39 is 16.0 Å². The van der Waals surface area contributed by atoms with E-state index in [4.69, 9.17) is 16.3 Å². The van der Waals surface area contributed by atoms with E-state index in [0.29, 0.717) is 11.3 Å². The van der Waals surface area contributed by atoms with Crippen LogP contribution in [0.5, 0.6) is 5.75 Å². The van der Waals surface area contributed by atoms with E-state index in [1.165, 1.54) is 56.7 Å². The van der Waals surface area contributed by atoms with Crippen LogP contribution in [0.25, 0.3) is 0 Å². The van der Waals surface area contributed by atoms with Gasteiger partial charge in [-0.25, -0.2) is 13.2 Å². The van der Waals surface area contributed by atoms with Crippen molar-refractivity contribution in [1.29, 1.82) is 0 Å². The lowest BCUT2D eigenvalue weighted by Crippen LogP contribution is -2.14. The van der Waals surface area contributed by atoms with Gasteiger partial charge in [-0.2, -0.15) is 0 Å². The van der Waals surface area contributed by atoms with Crippen LogP contribution in [-0.2, 0) is 14.8 Å². The number of anilines is 1. The molecule has 2 aromatic rings. The third-order valence-corrected chi connectivity index (χ3v) is 4.61. The number of benzene rings is 2. The number of carbonyl (C=O) groups is 1. The van der Waals surface area contributed by atoms with E-state index in [9.17, 15) is 13.2 Å². The average Bonchev–Trinajstić information content (AvgIpc) is 2.54. The quantitative estimate of drug-likeness (QED) is 0.834. The molecule has 0 amide bonds. The first-order valence-electron chi connectivity index (χ1n) is 6.42. The average molecular weight is 356 g/mol. The van der Waals surface area contributed by atoms with Crippen LogP contribution in [-0.4, -0.2) is 28.6 Å². The fourth-order valence-electron chi connectivity index (χ4n) is 1.86. The smallest absolute Gasteiger partial charge is 0.337 e. The molecule has 23 heavy (non-hydrogen) atoms.